The lowest BCUT2D eigenvalue weighted by Crippen LogP contribution is -2.20. The van der Waals surface area contributed by atoms with E-state index in [1.54, 1.807) is 16.7 Å². The van der Waals surface area contributed by atoms with Gasteiger partial charge in [0.25, 0.3) is 0 Å². The summed E-state index contributed by atoms with van der Waals surface area (Å²) in [5.41, 5.74) is 2.92. The second-order valence-corrected chi connectivity index (χ2v) is 7.57. The molecule has 0 fully saturated rings. The standard InChI is InChI=1S/C16H15ClN2O3S2/c1-9-8-23-14(10(9)2)18-15(20)22-6-5-19-12-7-11(17)3-4-13(12)24-16(19)21/h3-4,7-8H,5-6H2,1-2H3,(H,18,20). The maximum absolute atomic E-state index is 12.0. The van der Waals surface area contributed by atoms with Gasteiger partial charge < -0.3 is 4.74 Å². The number of nitrogens with one attached hydrogen (secondary N) is 1. The number of thiophene rings is 1. The Morgan fingerprint density at radius 3 is 2.88 bits per heavy atom. The van der Waals surface area contributed by atoms with Crippen LogP contribution in [-0.4, -0.2) is 17.3 Å². The van der Waals surface area contributed by atoms with Crippen LogP contribution < -0.4 is 10.2 Å². The van der Waals surface area contributed by atoms with Crippen LogP contribution in [0.5, 0.6) is 0 Å². The molecule has 24 heavy (non-hydrogen) atoms. The van der Waals surface area contributed by atoms with Gasteiger partial charge in [-0.3, -0.25) is 14.7 Å². The molecule has 0 aliphatic rings. The number of hydrogen-bond donors (Lipinski definition) is 1. The molecule has 5 nitrogen and oxygen atoms in total. The summed E-state index contributed by atoms with van der Waals surface area (Å²) in [6, 6.07) is 5.31. The summed E-state index contributed by atoms with van der Waals surface area (Å²) in [7, 11) is 0. The van der Waals surface area contributed by atoms with Crippen LogP contribution in [0.25, 0.3) is 10.2 Å². The van der Waals surface area contributed by atoms with Gasteiger partial charge in [-0.2, -0.15) is 0 Å². The molecule has 0 unspecified atom stereocenters. The van der Waals surface area contributed by atoms with Gasteiger partial charge in [0, 0.05) is 5.02 Å². The number of anilines is 1. The van der Waals surface area contributed by atoms with Crippen molar-refractivity contribution in [1.82, 2.24) is 4.57 Å². The number of fused-ring (bicyclic) bond motifs is 1. The topological polar surface area (TPSA) is 60.3 Å². The Morgan fingerprint density at radius 1 is 1.38 bits per heavy atom. The van der Waals surface area contributed by atoms with Crippen LogP contribution in [0.3, 0.4) is 0 Å². The van der Waals surface area contributed by atoms with E-state index in [4.69, 9.17) is 16.3 Å². The van der Waals surface area contributed by atoms with E-state index >= 15 is 0 Å². The van der Waals surface area contributed by atoms with Crippen molar-refractivity contribution in [2.24, 2.45) is 0 Å². The SMILES string of the molecule is Cc1csc(NC(=O)OCCn2c(=O)sc3ccc(Cl)cc32)c1C. The number of carbonyl (C=O) groups excluding carboxylic acids is 1. The van der Waals surface area contributed by atoms with E-state index < -0.39 is 6.09 Å². The highest BCUT2D eigenvalue weighted by Crippen LogP contribution is 2.26. The first-order chi connectivity index (χ1) is 11.5. The van der Waals surface area contributed by atoms with Gasteiger partial charge in [-0.1, -0.05) is 22.9 Å². The predicted molar refractivity (Wildman–Crippen MR) is 99.9 cm³/mol. The number of amides is 1. The third-order valence-electron chi connectivity index (χ3n) is 3.68. The van der Waals surface area contributed by atoms with Crippen LogP contribution >= 0.6 is 34.3 Å². The second kappa shape index (κ2) is 6.96. The molecular weight excluding hydrogens is 368 g/mol. The number of ether oxygens (including phenoxy) is 1. The van der Waals surface area contributed by atoms with Gasteiger partial charge in [-0.25, -0.2) is 4.79 Å². The van der Waals surface area contributed by atoms with Crippen molar-refractivity contribution in [1.29, 1.82) is 0 Å². The van der Waals surface area contributed by atoms with Crippen molar-refractivity contribution in [2.45, 2.75) is 20.4 Å². The molecule has 0 radical (unpaired) electrons. The van der Waals surface area contributed by atoms with Crippen LogP contribution in [0, 0.1) is 13.8 Å². The molecule has 3 rings (SSSR count). The molecule has 0 bridgehead atoms. The van der Waals surface area contributed by atoms with Gasteiger partial charge in [-0.05, 0) is 48.6 Å². The monoisotopic (exact) mass is 382 g/mol. The fourth-order valence-electron chi connectivity index (χ4n) is 2.23. The average molecular weight is 383 g/mol. The Balaban J connectivity index is 1.63. The first kappa shape index (κ1) is 17.0. The van der Waals surface area contributed by atoms with Crippen molar-refractivity contribution in [3.8, 4) is 0 Å². The molecule has 0 atom stereocenters. The first-order valence-corrected chi connectivity index (χ1v) is 9.30. The molecule has 2 aromatic heterocycles. The Labute approximate surface area is 151 Å². The molecule has 1 aromatic carbocycles. The number of carbonyl (C=O) groups is 1. The van der Waals surface area contributed by atoms with Crippen molar-refractivity contribution < 1.29 is 9.53 Å². The number of aromatic nitrogens is 1. The predicted octanol–water partition coefficient (Wildman–Crippen LogP) is 4.64. The number of hydrogen-bond acceptors (Lipinski definition) is 5. The summed E-state index contributed by atoms with van der Waals surface area (Å²) in [5, 5.41) is 6.05. The van der Waals surface area contributed by atoms with E-state index in [1.165, 1.54) is 11.3 Å². The summed E-state index contributed by atoms with van der Waals surface area (Å²) in [6.07, 6.45) is -0.523. The average Bonchev–Trinajstić information content (AvgIpc) is 3.01. The zero-order valence-electron chi connectivity index (χ0n) is 13.1. The van der Waals surface area contributed by atoms with E-state index in [2.05, 4.69) is 5.32 Å². The van der Waals surface area contributed by atoms with Crippen LogP contribution in [0.4, 0.5) is 9.80 Å². The number of halogens is 1. The minimum absolute atomic E-state index is 0.0963. The minimum atomic E-state index is -0.523. The Bertz CT molecular complexity index is 958. The van der Waals surface area contributed by atoms with Crippen molar-refractivity contribution >= 4 is 55.6 Å². The van der Waals surface area contributed by atoms with E-state index in [0.717, 1.165) is 37.7 Å². The fraction of sp³-hybridized carbons (Fsp3) is 0.250. The van der Waals surface area contributed by atoms with Crippen LogP contribution in [-0.2, 0) is 11.3 Å². The van der Waals surface area contributed by atoms with Crippen molar-refractivity contribution in [3.63, 3.8) is 0 Å². The lowest BCUT2D eigenvalue weighted by molar-refractivity contribution is 0.157. The molecule has 2 heterocycles. The smallest absolute Gasteiger partial charge is 0.412 e. The van der Waals surface area contributed by atoms with Crippen LogP contribution in [0.15, 0.2) is 28.4 Å². The highest BCUT2D eigenvalue weighted by Gasteiger charge is 2.11. The molecule has 0 aliphatic heterocycles. The maximum atomic E-state index is 12.0. The number of benzene rings is 1. The molecular formula is C16H15ClN2O3S2. The Hall–Kier alpha value is -1.83. The van der Waals surface area contributed by atoms with Gasteiger partial charge in [-0.15, -0.1) is 11.3 Å². The van der Waals surface area contributed by atoms with Gasteiger partial charge in [0.2, 0.25) is 0 Å². The normalized spacial score (nSPS) is 11.0. The lowest BCUT2D eigenvalue weighted by atomic mass is 10.2. The quantitative estimate of drug-likeness (QED) is 0.714. The minimum Gasteiger partial charge on any atom is -0.447 e. The van der Waals surface area contributed by atoms with E-state index in [1.807, 2.05) is 25.3 Å². The van der Waals surface area contributed by atoms with Gasteiger partial charge >= 0.3 is 11.0 Å². The van der Waals surface area contributed by atoms with Crippen LogP contribution in [0.1, 0.15) is 11.1 Å². The highest BCUT2D eigenvalue weighted by molar-refractivity contribution is 7.16. The second-order valence-electron chi connectivity index (χ2n) is 5.27. The maximum Gasteiger partial charge on any atom is 0.412 e. The molecule has 3 aromatic rings. The van der Waals surface area contributed by atoms with Gasteiger partial charge in [0.05, 0.1) is 16.8 Å². The lowest BCUT2D eigenvalue weighted by Gasteiger charge is -2.07. The molecule has 0 aliphatic carbocycles. The number of rotatable bonds is 4. The zero-order valence-corrected chi connectivity index (χ0v) is 15.5. The summed E-state index contributed by atoms with van der Waals surface area (Å²) >= 11 is 8.60. The van der Waals surface area contributed by atoms with Crippen LogP contribution in [0.2, 0.25) is 5.02 Å². The van der Waals surface area contributed by atoms with E-state index in [9.17, 15) is 9.59 Å². The van der Waals surface area contributed by atoms with Crippen molar-refractivity contribution in [2.75, 3.05) is 11.9 Å². The largest absolute Gasteiger partial charge is 0.447 e. The summed E-state index contributed by atoms with van der Waals surface area (Å²) < 4.78 is 7.62. The van der Waals surface area contributed by atoms with Gasteiger partial charge in [0.15, 0.2) is 0 Å². The molecule has 1 N–H and O–H groups in total. The Morgan fingerprint density at radius 2 is 2.17 bits per heavy atom. The summed E-state index contributed by atoms with van der Waals surface area (Å²) in [5.74, 6) is 0. The molecule has 0 spiro atoms. The zero-order chi connectivity index (χ0) is 17.3. The third kappa shape index (κ3) is 3.48. The summed E-state index contributed by atoms with van der Waals surface area (Å²) in [6.45, 7) is 4.33. The fourth-order valence-corrected chi connectivity index (χ4v) is 4.25. The van der Waals surface area contributed by atoms with Gasteiger partial charge in [0.1, 0.15) is 11.6 Å². The molecule has 1 amide bonds. The van der Waals surface area contributed by atoms with E-state index in [-0.39, 0.29) is 18.0 Å². The number of nitrogens with zero attached hydrogens (tertiary/aromatic N) is 1. The Kier molecular flexibility index (Phi) is 4.93. The summed E-state index contributed by atoms with van der Waals surface area (Å²) in [4.78, 5) is 23.8. The third-order valence-corrected chi connectivity index (χ3v) is 5.99. The number of aryl methyl sites for hydroxylation is 1. The molecule has 0 saturated carbocycles. The number of thiazole rings is 1. The highest BCUT2D eigenvalue weighted by atomic mass is 35.5. The molecule has 126 valence electrons. The first-order valence-electron chi connectivity index (χ1n) is 7.23. The van der Waals surface area contributed by atoms with Crippen molar-refractivity contribution in [3.05, 3.63) is 49.4 Å². The molecule has 0 saturated heterocycles. The molecule has 8 heteroatoms. The van der Waals surface area contributed by atoms with E-state index in [0.29, 0.717) is 5.02 Å².